The average molecular weight is 702 g/mol. The Balaban J connectivity index is 0.000000158. The van der Waals surface area contributed by atoms with Crippen molar-refractivity contribution in [1.82, 2.24) is 4.40 Å². The van der Waals surface area contributed by atoms with Crippen LogP contribution in [-0.4, -0.2) is 23.4 Å². The highest BCUT2D eigenvalue weighted by Crippen LogP contribution is 2.43. The Morgan fingerprint density at radius 2 is 1.22 bits per heavy atom. The highest BCUT2D eigenvalue weighted by Gasteiger charge is 2.28. The van der Waals surface area contributed by atoms with Gasteiger partial charge in [0.05, 0.1) is 16.6 Å². The fourth-order valence-electron chi connectivity index (χ4n) is 7.96. The van der Waals surface area contributed by atoms with E-state index in [1.807, 2.05) is 75.4 Å². The van der Waals surface area contributed by atoms with Crippen LogP contribution in [0.5, 0.6) is 5.75 Å². The Kier molecular flexibility index (Phi) is 9.27. The first-order valence-electron chi connectivity index (χ1n) is 18.8. The first-order chi connectivity index (χ1) is 26.6. The van der Waals surface area contributed by atoms with Crippen molar-refractivity contribution >= 4 is 67.0 Å². The molecule has 7 aromatic carbocycles. The smallest absolute Gasteiger partial charge is 0.179 e. The van der Waals surface area contributed by atoms with Crippen LogP contribution < -0.4 is 4.74 Å². The van der Waals surface area contributed by atoms with Crippen LogP contribution in [0.2, 0.25) is 0 Å². The van der Waals surface area contributed by atoms with E-state index in [-0.39, 0.29) is 0 Å². The number of para-hydroxylation sites is 3. The van der Waals surface area contributed by atoms with Gasteiger partial charge in [-0.15, -0.1) is 0 Å². The number of benzene rings is 7. The fraction of sp³-hybridized carbons (Fsp3) is 0.120. The summed E-state index contributed by atoms with van der Waals surface area (Å²) in [6.07, 6.45) is 0. The zero-order chi connectivity index (χ0) is 37.3. The average Bonchev–Trinajstić information content (AvgIpc) is 3.87. The first-order valence-corrected chi connectivity index (χ1v) is 18.8. The minimum Gasteiger partial charge on any atom is -0.452 e. The van der Waals surface area contributed by atoms with E-state index in [9.17, 15) is 0 Å². The molecule has 0 unspecified atom stereocenters. The summed E-state index contributed by atoms with van der Waals surface area (Å²) in [5.74, 6) is 1.50. The first kappa shape index (κ1) is 34.6. The van der Waals surface area contributed by atoms with Gasteiger partial charge in [-0.05, 0) is 79.4 Å². The Morgan fingerprint density at radius 3 is 1.98 bits per heavy atom. The largest absolute Gasteiger partial charge is 0.452 e. The molecule has 9 aromatic rings. The van der Waals surface area contributed by atoms with Gasteiger partial charge in [0, 0.05) is 44.6 Å². The summed E-state index contributed by atoms with van der Waals surface area (Å²) >= 11 is 0. The van der Waals surface area contributed by atoms with Gasteiger partial charge in [-0.2, -0.15) is 0 Å². The lowest BCUT2D eigenvalue weighted by Crippen LogP contribution is -2.05. The van der Waals surface area contributed by atoms with Gasteiger partial charge in [0.2, 0.25) is 0 Å². The van der Waals surface area contributed by atoms with Gasteiger partial charge in [-0.25, -0.2) is 0 Å². The molecule has 54 heavy (non-hydrogen) atoms. The minimum absolute atomic E-state index is 0.680. The summed E-state index contributed by atoms with van der Waals surface area (Å²) in [6, 6.07) is 51.4. The van der Waals surface area contributed by atoms with E-state index in [4.69, 9.17) is 4.74 Å². The highest BCUT2D eigenvalue weighted by molar-refractivity contribution is 6.27. The van der Waals surface area contributed by atoms with Crippen LogP contribution in [0.15, 0.2) is 161 Å². The molecule has 10 rings (SSSR count). The molecule has 0 bridgehead atoms. The van der Waals surface area contributed by atoms with Crippen LogP contribution in [0.3, 0.4) is 0 Å². The number of ether oxygens (including phenoxy) is 1. The van der Waals surface area contributed by atoms with E-state index in [0.29, 0.717) is 12.3 Å². The van der Waals surface area contributed by atoms with Crippen LogP contribution in [0.4, 0.5) is 0 Å². The molecule has 0 saturated carbocycles. The Bertz CT molecular complexity index is 2890. The second-order valence-corrected chi connectivity index (χ2v) is 13.3. The Morgan fingerprint density at radius 1 is 0.593 bits per heavy atom. The van der Waals surface area contributed by atoms with Crippen molar-refractivity contribution in [3.05, 3.63) is 174 Å². The van der Waals surface area contributed by atoms with Gasteiger partial charge in [0.1, 0.15) is 17.2 Å². The number of hydrogen-bond donors (Lipinski definition) is 0. The van der Waals surface area contributed by atoms with Gasteiger partial charge in [-0.3, -0.25) is 9.98 Å². The lowest BCUT2D eigenvalue weighted by Gasteiger charge is -2.12. The molecule has 0 N–H and O–H groups in total. The Hall–Kier alpha value is -6.52. The van der Waals surface area contributed by atoms with Gasteiger partial charge in [0.15, 0.2) is 5.76 Å². The fourth-order valence-corrected chi connectivity index (χ4v) is 7.96. The molecule has 1 aliphatic heterocycles. The van der Waals surface area contributed by atoms with E-state index in [2.05, 4.69) is 126 Å². The molecule has 4 heteroatoms. The number of nitrogens with zero attached hydrogens (tertiary/aromatic N) is 3. The van der Waals surface area contributed by atoms with Crippen LogP contribution in [0.25, 0.3) is 65.7 Å². The molecule has 2 aromatic heterocycles. The van der Waals surface area contributed by atoms with Crippen molar-refractivity contribution in [1.29, 1.82) is 0 Å². The maximum absolute atomic E-state index is 5.99. The molecule has 4 nitrogen and oxygen atoms in total. The van der Waals surface area contributed by atoms with E-state index >= 15 is 0 Å². The van der Waals surface area contributed by atoms with Gasteiger partial charge in [-0.1, -0.05) is 135 Å². The van der Waals surface area contributed by atoms with Crippen molar-refractivity contribution in [3.63, 3.8) is 0 Å². The molecule has 0 aliphatic carbocycles. The van der Waals surface area contributed by atoms with E-state index in [1.54, 1.807) is 0 Å². The molecular formula is C50H43N3O. The number of aryl methyl sites for hydroxylation is 2. The molecule has 1 aliphatic rings. The second-order valence-electron chi connectivity index (χ2n) is 13.3. The maximum atomic E-state index is 5.99. The molecule has 0 fully saturated rings. The van der Waals surface area contributed by atoms with Crippen LogP contribution in [-0.2, 0) is 0 Å². The van der Waals surface area contributed by atoms with Crippen LogP contribution in [0, 0.1) is 13.8 Å². The number of hydrogen-bond acceptors (Lipinski definition) is 3. The van der Waals surface area contributed by atoms with Crippen LogP contribution in [0.1, 0.15) is 43.0 Å². The molecule has 0 saturated heterocycles. The topological polar surface area (TPSA) is 38.4 Å². The number of fused-ring (bicyclic) bond motifs is 9. The van der Waals surface area contributed by atoms with Crippen molar-refractivity contribution in [2.24, 2.45) is 9.98 Å². The van der Waals surface area contributed by atoms with E-state index in [1.165, 1.54) is 71.1 Å². The van der Waals surface area contributed by atoms with Crippen molar-refractivity contribution < 1.29 is 4.74 Å². The molecule has 0 spiro atoms. The standard InChI is InChI=1S/C30H21N.C18H16N2O.C2H6/c1-18-8-3-4-9-21(18)26-17-27-20(16-19(26)2)14-15-25-24-12-7-11-23-22-10-5-6-13-28(22)31(29(23)24)30(25)27;1-3-20-17-14-11-7-8-12-15(14)21-18(17)16(19-2)13-9-5-4-6-10-13;1-2/h3-17H,1-2H3;4-12H,2-3H2,1H3;1-2H3/b;18-16+,20-17?;. The normalized spacial score (nSPS) is 13.8. The molecule has 3 heterocycles. The van der Waals surface area contributed by atoms with Gasteiger partial charge >= 0.3 is 0 Å². The predicted molar refractivity (Wildman–Crippen MR) is 232 cm³/mol. The van der Waals surface area contributed by atoms with Gasteiger partial charge < -0.3 is 9.14 Å². The summed E-state index contributed by atoms with van der Waals surface area (Å²) < 4.78 is 8.49. The lowest BCUT2D eigenvalue weighted by atomic mass is 9.93. The molecule has 264 valence electrons. The zero-order valence-corrected chi connectivity index (χ0v) is 31.5. The maximum Gasteiger partial charge on any atom is 0.179 e. The van der Waals surface area contributed by atoms with Crippen molar-refractivity contribution in [2.45, 2.75) is 34.6 Å². The van der Waals surface area contributed by atoms with Crippen LogP contribution >= 0.6 is 0 Å². The number of rotatable bonds is 4. The number of allylic oxidation sites excluding steroid dienone is 1. The third kappa shape index (κ3) is 5.62. The highest BCUT2D eigenvalue weighted by atomic mass is 16.5. The zero-order valence-electron chi connectivity index (χ0n) is 31.5. The molecule has 0 atom stereocenters. The summed E-state index contributed by atoms with van der Waals surface area (Å²) in [7, 11) is 0. The summed E-state index contributed by atoms with van der Waals surface area (Å²) in [5.41, 5.74) is 12.8. The summed E-state index contributed by atoms with van der Waals surface area (Å²) in [4.78, 5) is 8.77. The monoisotopic (exact) mass is 701 g/mol. The predicted octanol–water partition coefficient (Wildman–Crippen LogP) is 13.3. The second kappa shape index (κ2) is 14.5. The summed E-state index contributed by atoms with van der Waals surface area (Å²) in [6.45, 7) is 14.8. The minimum atomic E-state index is 0.680. The Labute approximate surface area is 316 Å². The van der Waals surface area contributed by atoms with Gasteiger partial charge in [0.25, 0.3) is 0 Å². The molecule has 0 radical (unpaired) electrons. The van der Waals surface area contributed by atoms with Crippen molar-refractivity contribution in [3.8, 4) is 16.9 Å². The quantitative estimate of drug-likeness (QED) is 0.168. The van der Waals surface area contributed by atoms with Crippen molar-refractivity contribution in [2.75, 3.05) is 6.54 Å². The molecule has 0 amide bonds. The molecular weight excluding hydrogens is 659 g/mol. The lowest BCUT2D eigenvalue weighted by molar-refractivity contribution is 0.470. The number of aliphatic imine (C=N–C) groups is 2. The third-order valence-electron chi connectivity index (χ3n) is 10.3. The van der Waals surface area contributed by atoms with E-state index in [0.717, 1.165) is 28.3 Å². The van der Waals surface area contributed by atoms with E-state index < -0.39 is 0 Å². The summed E-state index contributed by atoms with van der Waals surface area (Å²) in [5, 5.41) is 7.95. The SMILES string of the molecule is C=N/C(=C1/Oc2ccccc2C1=NCC)c1ccccc1.CC.Cc1ccccc1-c1cc2c(ccc3c4cccc5c6ccccc6n(c23)c54)cc1C. The third-order valence-corrected chi connectivity index (χ3v) is 10.3. The number of aromatic nitrogens is 1.